The van der Waals surface area contributed by atoms with E-state index in [9.17, 15) is 0 Å². The minimum atomic E-state index is -0.669. The van der Waals surface area contributed by atoms with Crippen LogP contribution in [0.1, 0.15) is 27.2 Å². The summed E-state index contributed by atoms with van der Waals surface area (Å²) >= 11 is -0.669. The SMILES string of the molecule is CCCOc1cccc(OCC[As](C)C(C)C)c1. The van der Waals surface area contributed by atoms with Crippen molar-refractivity contribution in [2.75, 3.05) is 13.2 Å². The standard InChI is InChI=1S/C15H25AsO2/c1-5-10-17-14-7-6-8-15(12-14)18-11-9-16(4)13(2)3/h6-8,12-13H,5,9-11H2,1-4H3. The third-order valence-electron chi connectivity index (χ3n) is 2.87. The van der Waals surface area contributed by atoms with Crippen LogP contribution in [-0.4, -0.2) is 27.9 Å². The van der Waals surface area contributed by atoms with Gasteiger partial charge in [0.2, 0.25) is 0 Å². The van der Waals surface area contributed by atoms with Crippen LogP contribution in [-0.2, 0) is 0 Å². The van der Waals surface area contributed by atoms with Crippen molar-refractivity contribution in [2.24, 2.45) is 0 Å². The Morgan fingerprint density at radius 3 is 2.28 bits per heavy atom. The zero-order valence-electron chi connectivity index (χ0n) is 12.0. The quantitative estimate of drug-likeness (QED) is 0.663. The molecule has 0 fully saturated rings. The second-order valence-corrected chi connectivity index (χ2v) is 11.0. The van der Waals surface area contributed by atoms with Gasteiger partial charge in [-0.15, -0.1) is 0 Å². The maximum atomic E-state index is 5.80. The second-order valence-electron chi connectivity index (χ2n) is 4.75. The van der Waals surface area contributed by atoms with Crippen molar-refractivity contribution in [1.82, 2.24) is 0 Å². The molecule has 0 saturated carbocycles. The molecule has 3 heteroatoms. The third kappa shape index (κ3) is 5.82. The third-order valence-corrected chi connectivity index (χ3v) is 8.43. The molecule has 0 aliphatic heterocycles. The normalized spacial score (nSPS) is 12.5. The molecule has 0 spiro atoms. The fourth-order valence-corrected chi connectivity index (χ4v) is 3.32. The van der Waals surface area contributed by atoms with Crippen molar-refractivity contribution in [3.05, 3.63) is 24.3 Å². The van der Waals surface area contributed by atoms with Gasteiger partial charge in [0.25, 0.3) is 0 Å². The van der Waals surface area contributed by atoms with Crippen LogP contribution < -0.4 is 9.47 Å². The van der Waals surface area contributed by atoms with E-state index in [4.69, 9.17) is 9.47 Å². The Hall–Kier alpha value is -0.622. The molecule has 0 saturated heterocycles. The van der Waals surface area contributed by atoms with Gasteiger partial charge in [-0.2, -0.15) is 0 Å². The Morgan fingerprint density at radius 1 is 1.11 bits per heavy atom. The van der Waals surface area contributed by atoms with Crippen molar-refractivity contribution < 1.29 is 9.47 Å². The van der Waals surface area contributed by atoms with E-state index in [2.05, 4.69) is 26.5 Å². The predicted octanol–water partition coefficient (Wildman–Crippen LogP) is 4.39. The molecular formula is C15H25AsO2. The molecule has 0 aromatic heterocycles. The van der Waals surface area contributed by atoms with Gasteiger partial charge in [-0.3, -0.25) is 0 Å². The Labute approximate surface area is 116 Å². The maximum absolute atomic E-state index is 5.80. The molecule has 0 radical (unpaired) electrons. The van der Waals surface area contributed by atoms with Crippen LogP contribution in [0.5, 0.6) is 11.5 Å². The van der Waals surface area contributed by atoms with E-state index in [1.54, 1.807) is 0 Å². The van der Waals surface area contributed by atoms with Gasteiger partial charge in [-0.25, -0.2) is 0 Å². The summed E-state index contributed by atoms with van der Waals surface area (Å²) in [7, 11) is 0. The first-order valence-corrected chi connectivity index (χ1v) is 11.0. The topological polar surface area (TPSA) is 18.5 Å². The van der Waals surface area contributed by atoms with Crippen molar-refractivity contribution >= 4 is 14.7 Å². The van der Waals surface area contributed by atoms with Crippen molar-refractivity contribution in [1.29, 1.82) is 0 Å². The minimum absolute atomic E-state index is 0.669. The molecule has 18 heavy (non-hydrogen) atoms. The van der Waals surface area contributed by atoms with Gasteiger partial charge in [0.15, 0.2) is 0 Å². The van der Waals surface area contributed by atoms with Crippen LogP contribution in [0.15, 0.2) is 24.3 Å². The first kappa shape index (κ1) is 15.4. The van der Waals surface area contributed by atoms with Gasteiger partial charge in [0.1, 0.15) is 0 Å². The van der Waals surface area contributed by atoms with Gasteiger partial charge >= 0.3 is 116 Å². The second kappa shape index (κ2) is 8.48. The van der Waals surface area contributed by atoms with Crippen LogP contribution in [0, 0.1) is 0 Å². The molecule has 1 aromatic rings. The number of benzene rings is 1. The average Bonchev–Trinajstić information content (AvgIpc) is 2.36. The molecular weight excluding hydrogens is 287 g/mol. The van der Waals surface area contributed by atoms with Crippen LogP contribution >= 0.6 is 0 Å². The van der Waals surface area contributed by atoms with Crippen LogP contribution in [0.2, 0.25) is 15.6 Å². The zero-order valence-corrected chi connectivity index (χ0v) is 13.9. The molecule has 0 N–H and O–H groups in total. The van der Waals surface area contributed by atoms with Crippen molar-refractivity contribution in [2.45, 2.75) is 42.8 Å². The summed E-state index contributed by atoms with van der Waals surface area (Å²) in [6, 6.07) is 7.96. The Bertz CT molecular complexity index is 339. The van der Waals surface area contributed by atoms with Crippen LogP contribution in [0.4, 0.5) is 0 Å². The molecule has 1 aromatic carbocycles. The fourth-order valence-electron chi connectivity index (χ4n) is 1.44. The summed E-state index contributed by atoms with van der Waals surface area (Å²) in [4.78, 5) is 0. The summed E-state index contributed by atoms with van der Waals surface area (Å²) in [6.45, 7) is 8.35. The zero-order chi connectivity index (χ0) is 13.4. The van der Waals surface area contributed by atoms with E-state index in [-0.39, 0.29) is 0 Å². The van der Waals surface area contributed by atoms with Gasteiger partial charge in [0, 0.05) is 0 Å². The van der Waals surface area contributed by atoms with Gasteiger partial charge in [-0.1, -0.05) is 0 Å². The Morgan fingerprint density at radius 2 is 1.72 bits per heavy atom. The van der Waals surface area contributed by atoms with E-state index in [1.807, 2.05) is 24.3 Å². The molecule has 0 bridgehead atoms. The van der Waals surface area contributed by atoms with Crippen molar-refractivity contribution in [3.63, 3.8) is 0 Å². The fraction of sp³-hybridized carbons (Fsp3) is 0.600. The molecule has 0 heterocycles. The van der Waals surface area contributed by atoms with E-state index in [1.165, 1.54) is 5.21 Å². The van der Waals surface area contributed by atoms with E-state index < -0.39 is 14.7 Å². The van der Waals surface area contributed by atoms with Gasteiger partial charge in [-0.05, 0) is 0 Å². The first-order chi connectivity index (χ1) is 8.63. The molecule has 2 nitrogen and oxygen atoms in total. The molecule has 1 rings (SSSR count). The molecule has 102 valence electrons. The van der Waals surface area contributed by atoms with E-state index in [0.717, 1.165) is 35.8 Å². The summed E-state index contributed by atoms with van der Waals surface area (Å²) in [5.41, 5.74) is 2.42. The van der Waals surface area contributed by atoms with E-state index >= 15 is 0 Å². The summed E-state index contributed by atoms with van der Waals surface area (Å²) in [5, 5.41) is 1.24. The molecule has 1 unspecified atom stereocenters. The molecule has 1 atom stereocenters. The van der Waals surface area contributed by atoms with Gasteiger partial charge in [0.05, 0.1) is 0 Å². The number of hydrogen-bond donors (Lipinski definition) is 0. The van der Waals surface area contributed by atoms with Crippen molar-refractivity contribution in [3.8, 4) is 11.5 Å². The van der Waals surface area contributed by atoms with Crippen LogP contribution in [0.25, 0.3) is 0 Å². The molecule has 0 amide bonds. The monoisotopic (exact) mass is 312 g/mol. The summed E-state index contributed by atoms with van der Waals surface area (Å²) in [5.74, 6) is 1.83. The first-order valence-electron chi connectivity index (χ1n) is 6.69. The predicted molar refractivity (Wildman–Crippen MR) is 79.2 cm³/mol. The molecule has 0 aliphatic rings. The van der Waals surface area contributed by atoms with E-state index in [0.29, 0.717) is 0 Å². The number of ether oxygens (including phenoxy) is 2. The Kier molecular flexibility index (Phi) is 7.27. The molecule has 0 aliphatic carbocycles. The number of hydrogen-bond acceptors (Lipinski definition) is 2. The van der Waals surface area contributed by atoms with Gasteiger partial charge < -0.3 is 0 Å². The summed E-state index contributed by atoms with van der Waals surface area (Å²) < 4.78 is 12.3. The van der Waals surface area contributed by atoms with Crippen LogP contribution in [0.3, 0.4) is 0 Å². The number of rotatable bonds is 8. The Balaban J connectivity index is 2.37. The average molecular weight is 312 g/mol. The summed E-state index contributed by atoms with van der Waals surface area (Å²) in [6.07, 6.45) is 1.03.